The maximum atomic E-state index is 13.1. The van der Waals surface area contributed by atoms with Crippen LogP contribution in [0.3, 0.4) is 0 Å². The van der Waals surface area contributed by atoms with Gasteiger partial charge in [0.1, 0.15) is 16.5 Å². The van der Waals surface area contributed by atoms with E-state index < -0.39 is 0 Å². The summed E-state index contributed by atoms with van der Waals surface area (Å²) >= 11 is 1.41. The van der Waals surface area contributed by atoms with Gasteiger partial charge in [-0.1, -0.05) is 0 Å². The SMILES string of the molecule is Cc1c(OC2CC2)ccc(NC(=O)c2csc(-c3ccnnc3)n2)c1N1CCC[C@@H](CN)C1. The summed E-state index contributed by atoms with van der Waals surface area (Å²) in [4.78, 5) is 20.0. The maximum Gasteiger partial charge on any atom is 0.275 e. The van der Waals surface area contributed by atoms with Crippen molar-refractivity contribution < 1.29 is 9.53 Å². The second kappa shape index (κ2) is 9.44. The molecule has 1 amide bonds. The molecule has 5 rings (SSSR count). The van der Waals surface area contributed by atoms with Gasteiger partial charge in [-0.2, -0.15) is 10.2 Å². The number of hydrogen-bond donors (Lipinski definition) is 2. The Hall–Kier alpha value is -3.04. The Balaban J connectivity index is 1.42. The van der Waals surface area contributed by atoms with E-state index in [0.717, 1.165) is 72.0 Å². The van der Waals surface area contributed by atoms with E-state index >= 15 is 0 Å². The molecular weight excluding hydrogens is 436 g/mol. The standard InChI is InChI=1S/C24H28N6O2S/c1-15-21(32-18-4-5-18)7-6-19(22(15)30-10-2-3-16(11-25)13-30)28-23(31)20-14-33-24(29-20)17-8-9-26-27-12-17/h6-9,12,14,16,18H,2-5,10-11,13,25H2,1H3,(H,28,31)/t16-/m0/s1. The van der Waals surface area contributed by atoms with Crippen LogP contribution in [-0.4, -0.2) is 46.8 Å². The summed E-state index contributed by atoms with van der Waals surface area (Å²) in [5.41, 5.74) is 10.1. The van der Waals surface area contributed by atoms with Gasteiger partial charge in [0.2, 0.25) is 0 Å². The van der Waals surface area contributed by atoms with Crippen molar-refractivity contribution >= 4 is 28.6 Å². The molecule has 3 aromatic rings. The molecule has 1 saturated carbocycles. The van der Waals surface area contributed by atoms with E-state index in [9.17, 15) is 4.79 Å². The van der Waals surface area contributed by atoms with Crippen LogP contribution in [0.1, 0.15) is 41.7 Å². The zero-order chi connectivity index (χ0) is 22.8. The predicted octanol–water partition coefficient (Wildman–Crippen LogP) is 3.88. The Morgan fingerprint density at radius 1 is 1.27 bits per heavy atom. The van der Waals surface area contributed by atoms with Crippen LogP contribution in [0, 0.1) is 12.8 Å². The van der Waals surface area contributed by atoms with Crippen molar-refractivity contribution in [1.82, 2.24) is 15.2 Å². The average molecular weight is 465 g/mol. The fourth-order valence-electron chi connectivity index (χ4n) is 4.26. The third-order valence-corrected chi connectivity index (χ3v) is 7.08. The molecule has 2 fully saturated rings. The number of thiazole rings is 1. The van der Waals surface area contributed by atoms with Crippen LogP contribution in [-0.2, 0) is 0 Å². The zero-order valence-corrected chi connectivity index (χ0v) is 19.5. The molecule has 9 heteroatoms. The second-order valence-electron chi connectivity index (χ2n) is 8.72. The number of rotatable bonds is 7. The molecule has 172 valence electrons. The lowest BCUT2D eigenvalue weighted by Crippen LogP contribution is -2.39. The molecule has 0 spiro atoms. The van der Waals surface area contributed by atoms with Gasteiger partial charge < -0.3 is 20.7 Å². The summed E-state index contributed by atoms with van der Waals surface area (Å²) in [6.07, 6.45) is 7.99. The summed E-state index contributed by atoms with van der Waals surface area (Å²) in [5, 5.41) is 13.3. The summed E-state index contributed by atoms with van der Waals surface area (Å²) in [5.74, 6) is 1.11. The van der Waals surface area contributed by atoms with Gasteiger partial charge >= 0.3 is 0 Å². The van der Waals surface area contributed by atoms with E-state index in [1.165, 1.54) is 11.3 Å². The Morgan fingerprint density at radius 3 is 2.91 bits per heavy atom. The number of carbonyl (C=O) groups is 1. The number of aromatic nitrogens is 3. The molecule has 1 aliphatic carbocycles. The Morgan fingerprint density at radius 2 is 2.15 bits per heavy atom. The van der Waals surface area contributed by atoms with E-state index in [1.807, 2.05) is 18.2 Å². The summed E-state index contributed by atoms with van der Waals surface area (Å²) in [7, 11) is 0. The minimum atomic E-state index is -0.233. The lowest BCUT2D eigenvalue weighted by Gasteiger charge is -2.36. The Labute approximate surface area is 197 Å². The van der Waals surface area contributed by atoms with Crippen LogP contribution in [0.25, 0.3) is 10.6 Å². The highest BCUT2D eigenvalue weighted by Gasteiger charge is 2.28. The average Bonchev–Trinajstić information content (AvgIpc) is 3.53. The molecular formula is C24H28N6O2S. The number of piperidine rings is 1. The quantitative estimate of drug-likeness (QED) is 0.546. The summed E-state index contributed by atoms with van der Waals surface area (Å²) in [6, 6.07) is 5.74. The molecule has 0 radical (unpaired) electrons. The van der Waals surface area contributed by atoms with Crippen molar-refractivity contribution in [2.24, 2.45) is 11.7 Å². The molecule has 33 heavy (non-hydrogen) atoms. The zero-order valence-electron chi connectivity index (χ0n) is 18.7. The van der Waals surface area contributed by atoms with Gasteiger partial charge in [0.25, 0.3) is 5.91 Å². The first-order valence-corrected chi connectivity index (χ1v) is 12.3. The van der Waals surface area contributed by atoms with Gasteiger partial charge in [0, 0.05) is 29.6 Å². The highest BCUT2D eigenvalue weighted by atomic mass is 32.1. The monoisotopic (exact) mass is 464 g/mol. The van der Waals surface area contributed by atoms with E-state index in [2.05, 4.69) is 32.3 Å². The number of nitrogens with zero attached hydrogens (tertiary/aromatic N) is 4. The molecule has 0 unspecified atom stereocenters. The minimum Gasteiger partial charge on any atom is -0.490 e. The van der Waals surface area contributed by atoms with Gasteiger partial charge in [-0.3, -0.25) is 4.79 Å². The molecule has 0 bridgehead atoms. The molecule has 3 heterocycles. The molecule has 1 saturated heterocycles. The molecule has 2 aliphatic rings. The number of nitrogens with two attached hydrogens (primary N) is 1. The third-order valence-electron chi connectivity index (χ3n) is 6.18. The van der Waals surface area contributed by atoms with Crippen molar-refractivity contribution in [3.05, 3.63) is 47.2 Å². The number of ether oxygens (including phenoxy) is 1. The van der Waals surface area contributed by atoms with Crippen molar-refractivity contribution in [2.45, 2.75) is 38.7 Å². The second-order valence-corrected chi connectivity index (χ2v) is 9.57. The van der Waals surface area contributed by atoms with Crippen LogP contribution in [0.15, 0.2) is 36.0 Å². The molecule has 1 aromatic carbocycles. The first-order valence-electron chi connectivity index (χ1n) is 11.4. The maximum absolute atomic E-state index is 13.1. The van der Waals surface area contributed by atoms with E-state index in [1.54, 1.807) is 17.8 Å². The minimum absolute atomic E-state index is 0.233. The lowest BCUT2D eigenvalue weighted by atomic mass is 9.96. The normalized spacial score (nSPS) is 18.2. The summed E-state index contributed by atoms with van der Waals surface area (Å²) in [6.45, 7) is 4.55. The Bertz CT molecular complexity index is 1130. The Kier molecular flexibility index (Phi) is 6.24. The van der Waals surface area contributed by atoms with E-state index in [4.69, 9.17) is 10.5 Å². The van der Waals surface area contributed by atoms with Crippen LogP contribution >= 0.6 is 11.3 Å². The van der Waals surface area contributed by atoms with Gasteiger partial charge in [0.15, 0.2) is 0 Å². The van der Waals surface area contributed by atoms with Gasteiger partial charge in [-0.25, -0.2) is 4.98 Å². The number of nitrogens with one attached hydrogen (secondary N) is 1. The molecule has 1 atom stereocenters. The topological polar surface area (TPSA) is 106 Å². The molecule has 2 aromatic heterocycles. The molecule has 3 N–H and O–H groups in total. The van der Waals surface area contributed by atoms with Gasteiger partial charge in [0.05, 0.1) is 29.9 Å². The number of hydrogen-bond acceptors (Lipinski definition) is 8. The van der Waals surface area contributed by atoms with Crippen LogP contribution in [0.2, 0.25) is 0 Å². The molecule has 1 aliphatic heterocycles. The van der Waals surface area contributed by atoms with Crippen molar-refractivity contribution in [3.63, 3.8) is 0 Å². The first-order chi connectivity index (χ1) is 16.1. The number of amides is 1. The predicted molar refractivity (Wildman–Crippen MR) is 130 cm³/mol. The van der Waals surface area contributed by atoms with Crippen molar-refractivity contribution in [1.29, 1.82) is 0 Å². The third kappa shape index (κ3) is 4.84. The van der Waals surface area contributed by atoms with Crippen LogP contribution < -0.4 is 20.7 Å². The van der Waals surface area contributed by atoms with Crippen LogP contribution in [0.4, 0.5) is 11.4 Å². The largest absolute Gasteiger partial charge is 0.490 e. The van der Waals surface area contributed by atoms with E-state index in [-0.39, 0.29) is 5.91 Å². The highest BCUT2D eigenvalue weighted by molar-refractivity contribution is 7.13. The summed E-state index contributed by atoms with van der Waals surface area (Å²) < 4.78 is 6.15. The highest BCUT2D eigenvalue weighted by Crippen LogP contribution is 2.40. The number of anilines is 2. The number of carbonyl (C=O) groups excluding carboxylic acids is 1. The smallest absolute Gasteiger partial charge is 0.275 e. The number of benzene rings is 1. The van der Waals surface area contributed by atoms with Crippen molar-refractivity contribution in [2.75, 3.05) is 29.9 Å². The first kappa shape index (κ1) is 21.8. The fourth-order valence-corrected chi connectivity index (χ4v) is 5.05. The molecule has 8 nitrogen and oxygen atoms in total. The lowest BCUT2D eigenvalue weighted by molar-refractivity contribution is 0.102. The van der Waals surface area contributed by atoms with Gasteiger partial charge in [-0.05, 0) is 63.3 Å². The van der Waals surface area contributed by atoms with E-state index in [0.29, 0.717) is 24.3 Å². The van der Waals surface area contributed by atoms with Crippen LogP contribution in [0.5, 0.6) is 5.75 Å². The fraction of sp³-hybridized carbons (Fsp3) is 0.417. The van der Waals surface area contributed by atoms with Gasteiger partial charge in [-0.15, -0.1) is 11.3 Å². The van der Waals surface area contributed by atoms with Crippen molar-refractivity contribution in [3.8, 4) is 16.3 Å².